The highest BCUT2D eigenvalue weighted by Gasteiger charge is 2.24. The van der Waals surface area contributed by atoms with Gasteiger partial charge >= 0.3 is 0 Å². The van der Waals surface area contributed by atoms with E-state index >= 15 is 0 Å². The lowest BCUT2D eigenvalue weighted by Crippen LogP contribution is -2.43. The Kier molecular flexibility index (Phi) is 4.14. The Hall–Kier alpha value is -1.20. The Labute approximate surface area is 112 Å². The molecular formula is C13H20N4S. The fourth-order valence-electron chi connectivity index (χ4n) is 1.80. The number of thiazole rings is 1. The first kappa shape index (κ1) is 13.2. The molecule has 2 heterocycles. The second-order valence-corrected chi connectivity index (χ2v) is 6.26. The van der Waals surface area contributed by atoms with Gasteiger partial charge in [0.2, 0.25) is 0 Å². The van der Waals surface area contributed by atoms with Gasteiger partial charge in [-0.2, -0.15) is 0 Å². The van der Waals surface area contributed by atoms with Crippen LogP contribution in [0.25, 0.3) is 0 Å². The topological polar surface area (TPSA) is 42.7 Å². The zero-order valence-corrected chi connectivity index (χ0v) is 11.9. The van der Waals surface area contributed by atoms with Crippen LogP contribution < -0.4 is 5.32 Å². The number of aromatic nitrogens is 3. The summed E-state index contributed by atoms with van der Waals surface area (Å²) in [4.78, 5) is 8.40. The Morgan fingerprint density at radius 1 is 1.44 bits per heavy atom. The Morgan fingerprint density at radius 3 is 2.83 bits per heavy atom. The summed E-state index contributed by atoms with van der Waals surface area (Å²) >= 11 is 1.64. The number of hydrogen-bond donors (Lipinski definition) is 1. The molecule has 0 radical (unpaired) electrons. The number of hydrogen-bond acceptors (Lipinski definition) is 4. The average Bonchev–Trinajstić information content (AvgIpc) is 2.95. The molecule has 1 N–H and O–H groups in total. The van der Waals surface area contributed by atoms with Crippen LogP contribution in [0.2, 0.25) is 0 Å². The van der Waals surface area contributed by atoms with Gasteiger partial charge in [-0.3, -0.25) is 0 Å². The molecule has 0 aliphatic heterocycles. The van der Waals surface area contributed by atoms with Gasteiger partial charge in [0.25, 0.3) is 0 Å². The van der Waals surface area contributed by atoms with E-state index in [4.69, 9.17) is 0 Å². The van der Waals surface area contributed by atoms with Crippen molar-refractivity contribution in [2.75, 3.05) is 0 Å². The third-order valence-corrected chi connectivity index (χ3v) is 3.65. The van der Waals surface area contributed by atoms with Crippen LogP contribution in [0, 0.1) is 5.41 Å². The van der Waals surface area contributed by atoms with Gasteiger partial charge in [0, 0.05) is 36.9 Å². The van der Waals surface area contributed by atoms with Gasteiger partial charge in [-0.1, -0.05) is 20.8 Å². The van der Waals surface area contributed by atoms with Crippen LogP contribution in [0.3, 0.4) is 0 Å². The van der Waals surface area contributed by atoms with Crippen molar-refractivity contribution in [3.8, 4) is 0 Å². The van der Waals surface area contributed by atoms with E-state index in [0.717, 1.165) is 18.8 Å². The van der Waals surface area contributed by atoms with Crippen molar-refractivity contribution in [2.24, 2.45) is 5.41 Å². The van der Waals surface area contributed by atoms with Crippen LogP contribution in [0.5, 0.6) is 0 Å². The van der Waals surface area contributed by atoms with Gasteiger partial charge in [-0.25, -0.2) is 9.97 Å². The van der Waals surface area contributed by atoms with E-state index in [1.807, 2.05) is 24.2 Å². The van der Waals surface area contributed by atoms with Gasteiger partial charge in [0.1, 0.15) is 0 Å². The fraction of sp³-hybridized carbons (Fsp3) is 0.538. The Bertz CT molecular complexity index is 442. The van der Waals surface area contributed by atoms with E-state index in [2.05, 4.69) is 46.0 Å². The van der Waals surface area contributed by atoms with Crippen molar-refractivity contribution >= 4 is 11.3 Å². The van der Waals surface area contributed by atoms with E-state index < -0.39 is 0 Å². The molecule has 0 amide bonds. The van der Waals surface area contributed by atoms with Crippen molar-refractivity contribution < 1.29 is 0 Å². The largest absolute Gasteiger partial charge is 0.336 e. The molecule has 2 aromatic rings. The molecule has 1 unspecified atom stereocenters. The summed E-state index contributed by atoms with van der Waals surface area (Å²) in [5, 5.41) is 5.68. The standard InChI is InChI=1S/C13H20N4S/c1-13(2,3)12(7-17-5-4-14-9-17)15-6-11-8-18-10-16-11/h4-5,8-10,12,15H,6-7H2,1-3H3. The van der Waals surface area contributed by atoms with Crippen molar-refractivity contribution in [1.29, 1.82) is 0 Å². The first-order valence-corrected chi connectivity index (χ1v) is 7.06. The van der Waals surface area contributed by atoms with Crippen molar-refractivity contribution in [3.05, 3.63) is 35.3 Å². The van der Waals surface area contributed by atoms with Gasteiger partial charge in [0.15, 0.2) is 0 Å². The van der Waals surface area contributed by atoms with Gasteiger partial charge in [-0.05, 0) is 5.41 Å². The molecule has 0 fully saturated rings. The van der Waals surface area contributed by atoms with E-state index in [1.165, 1.54) is 0 Å². The molecule has 0 spiro atoms. The molecule has 2 aromatic heterocycles. The smallest absolute Gasteiger partial charge is 0.0946 e. The first-order chi connectivity index (χ1) is 8.55. The van der Waals surface area contributed by atoms with E-state index in [-0.39, 0.29) is 5.41 Å². The average molecular weight is 264 g/mol. The molecule has 0 bridgehead atoms. The normalized spacial score (nSPS) is 13.7. The number of imidazole rings is 1. The summed E-state index contributed by atoms with van der Waals surface area (Å²) in [6, 6.07) is 0.383. The predicted molar refractivity (Wildman–Crippen MR) is 74.4 cm³/mol. The zero-order chi connectivity index (χ0) is 13.0. The molecule has 5 heteroatoms. The monoisotopic (exact) mass is 264 g/mol. The minimum Gasteiger partial charge on any atom is -0.336 e. The third kappa shape index (κ3) is 3.65. The quantitative estimate of drug-likeness (QED) is 0.902. The number of rotatable bonds is 5. The van der Waals surface area contributed by atoms with Crippen LogP contribution in [-0.2, 0) is 13.1 Å². The Morgan fingerprint density at radius 2 is 2.28 bits per heavy atom. The van der Waals surface area contributed by atoms with Gasteiger partial charge < -0.3 is 9.88 Å². The molecule has 98 valence electrons. The maximum Gasteiger partial charge on any atom is 0.0946 e. The van der Waals surface area contributed by atoms with Crippen molar-refractivity contribution in [1.82, 2.24) is 19.9 Å². The lowest BCUT2D eigenvalue weighted by Gasteiger charge is -2.31. The van der Waals surface area contributed by atoms with Crippen molar-refractivity contribution in [2.45, 2.75) is 39.9 Å². The first-order valence-electron chi connectivity index (χ1n) is 6.12. The highest BCUT2D eigenvalue weighted by Crippen LogP contribution is 2.21. The maximum atomic E-state index is 4.30. The molecule has 18 heavy (non-hydrogen) atoms. The molecule has 4 nitrogen and oxygen atoms in total. The second kappa shape index (κ2) is 5.63. The zero-order valence-electron chi connectivity index (χ0n) is 11.1. The molecule has 0 aliphatic carbocycles. The van der Waals surface area contributed by atoms with Crippen LogP contribution >= 0.6 is 11.3 Å². The van der Waals surface area contributed by atoms with E-state index in [0.29, 0.717) is 6.04 Å². The highest BCUT2D eigenvalue weighted by molar-refractivity contribution is 7.07. The highest BCUT2D eigenvalue weighted by atomic mass is 32.1. The minimum absolute atomic E-state index is 0.195. The number of nitrogens with one attached hydrogen (secondary N) is 1. The summed E-state index contributed by atoms with van der Waals surface area (Å²) in [5.74, 6) is 0. The van der Waals surface area contributed by atoms with E-state index in [9.17, 15) is 0 Å². The predicted octanol–water partition coefficient (Wildman–Crippen LogP) is 2.54. The number of nitrogens with zero attached hydrogens (tertiary/aromatic N) is 3. The summed E-state index contributed by atoms with van der Waals surface area (Å²) < 4.78 is 2.12. The van der Waals surface area contributed by atoms with Crippen molar-refractivity contribution in [3.63, 3.8) is 0 Å². The third-order valence-electron chi connectivity index (χ3n) is 3.01. The van der Waals surface area contributed by atoms with E-state index in [1.54, 1.807) is 11.3 Å². The lowest BCUT2D eigenvalue weighted by atomic mass is 9.86. The van der Waals surface area contributed by atoms with Crippen LogP contribution in [-0.4, -0.2) is 20.6 Å². The maximum absolute atomic E-state index is 4.30. The molecule has 0 aliphatic rings. The van der Waals surface area contributed by atoms with Gasteiger partial charge in [0.05, 0.1) is 17.5 Å². The minimum atomic E-state index is 0.195. The molecular weight excluding hydrogens is 244 g/mol. The lowest BCUT2D eigenvalue weighted by molar-refractivity contribution is 0.239. The SMILES string of the molecule is CC(C)(C)C(Cn1ccnc1)NCc1cscn1. The summed E-state index contributed by atoms with van der Waals surface area (Å²) in [6.07, 6.45) is 5.69. The molecule has 1 atom stereocenters. The summed E-state index contributed by atoms with van der Waals surface area (Å²) in [7, 11) is 0. The molecule has 0 aromatic carbocycles. The fourth-order valence-corrected chi connectivity index (χ4v) is 2.36. The van der Waals surface area contributed by atoms with Crippen LogP contribution in [0.1, 0.15) is 26.5 Å². The molecule has 0 saturated carbocycles. The van der Waals surface area contributed by atoms with Crippen LogP contribution in [0.15, 0.2) is 29.6 Å². The summed E-state index contributed by atoms with van der Waals surface area (Å²) in [6.45, 7) is 8.50. The second-order valence-electron chi connectivity index (χ2n) is 5.54. The summed E-state index contributed by atoms with van der Waals surface area (Å²) in [5.41, 5.74) is 3.18. The van der Waals surface area contributed by atoms with Crippen LogP contribution in [0.4, 0.5) is 0 Å². The Balaban J connectivity index is 1.97. The molecule has 0 saturated heterocycles. The molecule has 2 rings (SSSR count). The van der Waals surface area contributed by atoms with Gasteiger partial charge in [-0.15, -0.1) is 11.3 Å².